The number of halogens is 3. The highest BCUT2D eigenvalue weighted by Crippen LogP contribution is 2.30. The molecule has 8 heteroatoms. The summed E-state index contributed by atoms with van der Waals surface area (Å²) < 4.78 is 42.6. The van der Waals surface area contributed by atoms with E-state index in [4.69, 9.17) is 10.5 Å². The number of nitrogens with zero attached hydrogens (tertiary/aromatic N) is 1. The van der Waals surface area contributed by atoms with Crippen LogP contribution in [0.4, 0.5) is 13.2 Å². The molecule has 0 bridgehead atoms. The number of aliphatic hydroxyl groups excluding tert-OH is 1. The van der Waals surface area contributed by atoms with Gasteiger partial charge in [0.05, 0.1) is 12.1 Å². The van der Waals surface area contributed by atoms with E-state index in [2.05, 4.69) is 10.3 Å². The number of alkyl halides is 3. The van der Waals surface area contributed by atoms with Gasteiger partial charge in [-0.3, -0.25) is 4.99 Å². The molecule has 0 radical (unpaired) electrons. The SMILES string of the molecule is NC(=NCC(O)COc1ccc(C(F)(F)F)cc1)NCC1CCC1. The molecule has 134 valence electrons. The van der Waals surface area contributed by atoms with E-state index in [1.54, 1.807) is 0 Å². The Bertz CT molecular complexity index is 542. The first-order valence-electron chi connectivity index (χ1n) is 7.86. The molecule has 1 unspecified atom stereocenters. The third kappa shape index (κ3) is 5.92. The highest BCUT2D eigenvalue weighted by Gasteiger charge is 2.30. The first-order valence-corrected chi connectivity index (χ1v) is 7.86. The van der Waals surface area contributed by atoms with Gasteiger partial charge in [-0.2, -0.15) is 13.2 Å². The quantitative estimate of drug-likeness (QED) is 0.523. The number of rotatable bonds is 7. The summed E-state index contributed by atoms with van der Waals surface area (Å²) in [5.41, 5.74) is 4.95. The van der Waals surface area contributed by atoms with Crippen molar-refractivity contribution in [3.8, 4) is 5.75 Å². The van der Waals surface area contributed by atoms with E-state index in [9.17, 15) is 18.3 Å². The van der Waals surface area contributed by atoms with Crippen molar-refractivity contribution in [1.29, 1.82) is 0 Å². The molecule has 1 atom stereocenters. The summed E-state index contributed by atoms with van der Waals surface area (Å²) in [6.07, 6.45) is -1.62. The van der Waals surface area contributed by atoms with Gasteiger partial charge in [0.1, 0.15) is 18.5 Å². The van der Waals surface area contributed by atoms with E-state index in [0.29, 0.717) is 5.92 Å². The molecule has 0 heterocycles. The Morgan fingerprint density at radius 3 is 2.54 bits per heavy atom. The van der Waals surface area contributed by atoms with E-state index in [1.165, 1.54) is 31.4 Å². The van der Waals surface area contributed by atoms with Gasteiger partial charge in [0.2, 0.25) is 0 Å². The van der Waals surface area contributed by atoms with E-state index in [1.807, 2.05) is 0 Å². The summed E-state index contributed by atoms with van der Waals surface area (Å²) in [7, 11) is 0. The van der Waals surface area contributed by atoms with Gasteiger partial charge >= 0.3 is 6.18 Å². The predicted molar refractivity (Wildman–Crippen MR) is 84.8 cm³/mol. The highest BCUT2D eigenvalue weighted by molar-refractivity contribution is 5.77. The Kier molecular flexibility index (Phi) is 6.30. The number of benzene rings is 1. The fourth-order valence-corrected chi connectivity index (χ4v) is 2.19. The van der Waals surface area contributed by atoms with Gasteiger partial charge in [-0.25, -0.2) is 0 Å². The zero-order valence-electron chi connectivity index (χ0n) is 13.2. The molecule has 5 nitrogen and oxygen atoms in total. The summed E-state index contributed by atoms with van der Waals surface area (Å²) in [6, 6.07) is 4.30. The van der Waals surface area contributed by atoms with Crippen molar-refractivity contribution in [2.45, 2.75) is 31.5 Å². The topological polar surface area (TPSA) is 79.9 Å². The number of aliphatic hydroxyl groups is 1. The van der Waals surface area contributed by atoms with Crippen molar-refractivity contribution >= 4 is 5.96 Å². The summed E-state index contributed by atoms with van der Waals surface area (Å²) in [4.78, 5) is 4.02. The molecule has 1 aromatic carbocycles. The van der Waals surface area contributed by atoms with Crippen LogP contribution >= 0.6 is 0 Å². The molecule has 4 N–H and O–H groups in total. The van der Waals surface area contributed by atoms with Crippen molar-refractivity contribution in [1.82, 2.24) is 5.32 Å². The molecule has 2 rings (SSSR count). The Hall–Kier alpha value is -1.96. The van der Waals surface area contributed by atoms with Crippen LogP contribution in [0.3, 0.4) is 0 Å². The van der Waals surface area contributed by atoms with Crippen LogP contribution in [0.15, 0.2) is 29.3 Å². The standard InChI is InChI=1S/C16H22F3N3O2/c17-16(18,19)12-4-6-14(7-5-12)24-10-13(23)9-22-15(20)21-8-11-2-1-3-11/h4-7,11,13,23H,1-3,8-10H2,(H3,20,21,22). The molecule has 1 saturated carbocycles. The van der Waals surface area contributed by atoms with Gasteiger partial charge < -0.3 is 20.9 Å². The zero-order chi connectivity index (χ0) is 17.6. The molecule has 1 aliphatic carbocycles. The second-order valence-corrected chi connectivity index (χ2v) is 5.89. The first kappa shape index (κ1) is 18.4. The van der Waals surface area contributed by atoms with Crippen molar-refractivity contribution in [2.75, 3.05) is 19.7 Å². The second kappa shape index (κ2) is 8.23. The lowest BCUT2D eigenvalue weighted by molar-refractivity contribution is -0.137. The molecule has 24 heavy (non-hydrogen) atoms. The van der Waals surface area contributed by atoms with Crippen LogP contribution in [0.2, 0.25) is 0 Å². The molecule has 1 aliphatic rings. The van der Waals surface area contributed by atoms with Crippen LogP contribution in [0.25, 0.3) is 0 Å². The lowest BCUT2D eigenvalue weighted by atomic mass is 9.85. The smallest absolute Gasteiger partial charge is 0.416 e. The Labute approximate surface area is 138 Å². The molecule has 0 aliphatic heterocycles. The lowest BCUT2D eigenvalue weighted by Crippen LogP contribution is -2.38. The van der Waals surface area contributed by atoms with Crippen molar-refractivity contribution in [2.24, 2.45) is 16.6 Å². The minimum Gasteiger partial charge on any atom is -0.491 e. The van der Waals surface area contributed by atoms with Gasteiger partial charge in [0, 0.05) is 6.54 Å². The number of ether oxygens (including phenoxy) is 1. The zero-order valence-corrected chi connectivity index (χ0v) is 13.2. The number of aliphatic imine (C=N–C) groups is 1. The van der Waals surface area contributed by atoms with Crippen molar-refractivity contribution < 1.29 is 23.0 Å². The average Bonchev–Trinajstić information content (AvgIpc) is 2.49. The minimum atomic E-state index is -4.38. The Balaban J connectivity index is 1.69. The molecule has 0 saturated heterocycles. The van der Waals surface area contributed by atoms with Gasteiger partial charge in [-0.05, 0) is 43.0 Å². The van der Waals surface area contributed by atoms with Gasteiger partial charge in [-0.1, -0.05) is 6.42 Å². The molecule has 1 aromatic rings. The fraction of sp³-hybridized carbons (Fsp3) is 0.562. The van der Waals surface area contributed by atoms with Crippen molar-refractivity contribution in [3.05, 3.63) is 29.8 Å². The number of hydrogen-bond acceptors (Lipinski definition) is 3. The number of hydrogen-bond donors (Lipinski definition) is 3. The normalized spacial score (nSPS) is 17.2. The summed E-state index contributed by atoms with van der Waals surface area (Å²) in [5.74, 6) is 1.17. The Morgan fingerprint density at radius 2 is 2.00 bits per heavy atom. The number of guanidine groups is 1. The molecule has 0 amide bonds. The van der Waals surface area contributed by atoms with Crippen LogP contribution in [0.1, 0.15) is 24.8 Å². The lowest BCUT2D eigenvalue weighted by Gasteiger charge is -2.25. The average molecular weight is 345 g/mol. The molecule has 1 fully saturated rings. The van der Waals surface area contributed by atoms with E-state index in [-0.39, 0.29) is 24.9 Å². The molecular formula is C16H22F3N3O2. The fourth-order valence-electron chi connectivity index (χ4n) is 2.19. The van der Waals surface area contributed by atoms with Gasteiger partial charge in [0.15, 0.2) is 5.96 Å². The summed E-state index contributed by atoms with van der Waals surface area (Å²) in [5, 5.41) is 12.8. The minimum absolute atomic E-state index is 0.0597. The van der Waals surface area contributed by atoms with E-state index >= 15 is 0 Å². The van der Waals surface area contributed by atoms with E-state index < -0.39 is 17.8 Å². The maximum Gasteiger partial charge on any atom is 0.416 e. The second-order valence-electron chi connectivity index (χ2n) is 5.89. The van der Waals surface area contributed by atoms with Crippen LogP contribution in [-0.4, -0.2) is 36.9 Å². The van der Waals surface area contributed by atoms with Crippen LogP contribution in [0, 0.1) is 5.92 Å². The highest BCUT2D eigenvalue weighted by atomic mass is 19.4. The largest absolute Gasteiger partial charge is 0.491 e. The summed E-state index contributed by atoms with van der Waals surface area (Å²) >= 11 is 0. The van der Waals surface area contributed by atoms with Crippen LogP contribution in [0.5, 0.6) is 5.75 Å². The van der Waals surface area contributed by atoms with Gasteiger partial charge in [-0.15, -0.1) is 0 Å². The van der Waals surface area contributed by atoms with Gasteiger partial charge in [0.25, 0.3) is 0 Å². The molecular weight excluding hydrogens is 323 g/mol. The number of nitrogens with one attached hydrogen (secondary N) is 1. The number of nitrogens with two attached hydrogens (primary N) is 1. The Morgan fingerprint density at radius 1 is 1.33 bits per heavy atom. The monoisotopic (exact) mass is 345 g/mol. The summed E-state index contributed by atoms with van der Waals surface area (Å²) in [6.45, 7) is 0.766. The molecule has 0 spiro atoms. The maximum atomic E-state index is 12.4. The predicted octanol–water partition coefficient (Wildman–Crippen LogP) is 2.15. The van der Waals surface area contributed by atoms with Crippen LogP contribution < -0.4 is 15.8 Å². The third-order valence-corrected chi connectivity index (χ3v) is 3.89. The first-order chi connectivity index (χ1) is 11.3. The third-order valence-electron chi connectivity index (χ3n) is 3.89. The molecule has 0 aromatic heterocycles. The van der Waals surface area contributed by atoms with Crippen molar-refractivity contribution in [3.63, 3.8) is 0 Å². The maximum absolute atomic E-state index is 12.4. The van der Waals surface area contributed by atoms with Crippen LogP contribution in [-0.2, 0) is 6.18 Å². The van der Waals surface area contributed by atoms with E-state index in [0.717, 1.165) is 18.7 Å².